The van der Waals surface area contributed by atoms with Gasteiger partial charge in [-0.2, -0.15) is 0 Å². The summed E-state index contributed by atoms with van der Waals surface area (Å²) in [5.74, 6) is 0.567. The summed E-state index contributed by atoms with van der Waals surface area (Å²) in [6.07, 6.45) is 5.18. The van der Waals surface area contributed by atoms with Gasteiger partial charge in [0.05, 0.1) is 11.9 Å². The minimum atomic E-state index is -0.790. The maximum Gasteiger partial charge on any atom is 0.407 e. The molecule has 1 N–H and O–H groups in total. The van der Waals surface area contributed by atoms with E-state index in [0.717, 1.165) is 57.6 Å². The molecule has 0 atom stereocenters. The monoisotopic (exact) mass is 413 g/mol. The first-order valence-electron chi connectivity index (χ1n) is 11.3. The Labute approximate surface area is 179 Å². The van der Waals surface area contributed by atoms with E-state index in [1.54, 1.807) is 4.90 Å². The van der Waals surface area contributed by atoms with E-state index in [9.17, 15) is 9.90 Å². The van der Waals surface area contributed by atoms with Crippen LogP contribution in [0.25, 0.3) is 0 Å². The summed E-state index contributed by atoms with van der Waals surface area (Å²) < 4.78 is 0. The van der Waals surface area contributed by atoms with Gasteiger partial charge in [0.2, 0.25) is 0 Å². The zero-order chi connectivity index (χ0) is 21.3. The van der Waals surface area contributed by atoms with Gasteiger partial charge in [-0.05, 0) is 49.8 Å². The van der Waals surface area contributed by atoms with Gasteiger partial charge in [0, 0.05) is 63.1 Å². The average molecular weight is 414 g/mol. The summed E-state index contributed by atoms with van der Waals surface area (Å²) in [6.45, 7) is 11.9. The van der Waals surface area contributed by atoms with Crippen LogP contribution in [-0.4, -0.2) is 76.4 Å². The number of carboxylic acid groups (broad SMARTS) is 1. The van der Waals surface area contributed by atoms with Crippen molar-refractivity contribution in [2.45, 2.75) is 52.5 Å². The molecular weight excluding hydrogens is 378 g/mol. The van der Waals surface area contributed by atoms with Crippen molar-refractivity contribution in [2.24, 2.45) is 5.92 Å². The van der Waals surface area contributed by atoms with Gasteiger partial charge in [0.1, 0.15) is 0 Å². The van der Waals surface area contributed by atoms with E-state index in [-0.39, 0.29) is 0 Å². The fraction of sp³-hybridized carbons (Fsp3) is 0.652. The van der Waals surface area contributed by atoms with Crippen LogP contribution in [0.4, 0.5) is 10.5 Å². The molecule has 4 heterocycles. The Hall–Kier alpha value is -2.28. The normalized spacial score (nSPS) is 21.4. The van der Waals surface area contributed by atoms with Gasteiger partial charge in [-0.25, -0.2) is 9.80 Å². The van der Waals surface area contributed by atoms with E-state index in [2.05, 4.69) is 45.9 Å². The first kappa shape index (κ1) is 21.0. The van der Waals surface area contributed by atoms with Crippen LogP contribution in [0.1, 0.15) is 45.2 Å². The first-order valence-corrected chi connectivity index (χ1v) is 11.3. The maximum absolute atomic E-state index is 11.4. The second-order valence-corrected chi connectivity index (χ2v) is 9.27. The van der Waals surface area contributed by atoms with Gasteiger partial charge in [0.25, 0.3) is 0 Å². The highest BCUT2D eigenvalue weighted by atomic mass is 16.4. The molecule has 1 saturated heterocycles. The number of amides is 1. The number of aromatic nitrogens is 1. The van der Waals surface area contributed by atoms with Gasteiger partial charge in [-0.15, -0.1) is 0 Å². The molecule has 1 aromatic heterocycles. The van der Waals surface area contributed by atoms with Crippen LogP contribution in [0.5, 0.6) is 0 Å². The highest BCUT2D eigenvalue weighted by Gasteiger charge is 2.37. The Balaban J connectivity index is 1.43. The van der Waals surface area contributed by atoms with E-state index in [0.29, 0.717) is 25.0 Å². The molecule has 0 saturated carbocycles. The molecule has 1 aromatic rings. The lowest BCUT2D eigenvalue weighted by atomic mass is 10.0. The van der Waals surface area contributed by atoms with Crippen LogP contribution in [0.3, 0.4) is 0 Å². The van der Waals surface area contributed by atoms with Crippen molar-refractivity contribution < 1.29 is 9.90 Å². The number of nitrogens with zero attached hydrogens (tertiary/aromatic N) is 5. The third-order valence-electron chi connectivity index (χ3n) is 6.64. The number of hydrogen-bond donors (Lipinski definition) is 1. The summed E-state index contributed by atoms with van der Waals surface area (Å²) >= 11 is 0. The fourth-order valence-electron chi connectivity index (χ4n) is 5.01. The molecule has 3 aliphatic heterocycles. The van der Waals surface area contributed by atoms with Crippen LogP contribution < -0.4 is 4.90 Å². The van der Waals surface area contributed by atoms with E-state index < -0.39 is 6.09 Å². The SMILES string of the molecule is Cc1ccc(N2CCC(N3CC4=C(CCN(C(=O)O)CC4)N3CC(C)C)CC2)cn1. The zero-order valence-corrected chi connectivity index (χ0v) is 18.5. The van der Waals surface area contributed by atoms with E-state index in [4.69, 9.17) is 0 Å². The van der Waals surface area contributed by atoms with Crippen molar-refractivity contribution in [1.82, 2.24) is 19.9 Å². The lowest BCUT2D eigenvalue weighted by Gasteiger charge is -2.43. The Morgan fingerprint density at radius 1 is 1.17 bits per heavy atom. The molecule has 4 rings (SSSR count). The van der Waals surface area contributed by atoms with Gasteiger partial charge in [0.15, 0.2) is 0 Å². The van der Waals surface area contributed by atoms with Gasteiger partial charge in [-0.3, -0.25) is 4.98 Å². The number of pyridine rings is 1. The third-order valence-corrected chi connectivity index (χ3v) is 6.64. The number of rotatable bonds is 4. The number of aryl methyl sites for hydroxylation is 1. The maximum atomic E-state index is 11.4. The lowest BCUT2D eigenvalue weighted by Crippen LogP contribution is -2.51. The summed E-state index contributed by atoms with van der Waals surface area (Å²) in [4.78, 5) is 19.9. The second-order valence-electron chi connectivity index (χ2n) is 9.27. The molecule has 0 spiro atoms. The highest BCUT2D eigenvalue weighted by molar-refractivity contribution is 5.65. The standard InChI is InChI=1S/C23H35N5O2/c1-17(2)15-28-22-9-13-26(23(29)30)10-6-19(22)16-27(28)20-7-11-25(12-8-20)21-5-4-18(3)24-14-21/h4-5,14,17,20H,6-13,15-16H2,1-3H3,(H,29,30). The Morgan fingerprint density at radius 2 is 1.90 bits per heavy atom. The van der Waals surface area contributed by atoms with Gasteiger partial charge in [-0.1, -0.05) is 13.8 Å². The van der Waals surface area contributed by atoms with E-state index in [1.807, 2.05) is 13.1 Å². The summed E-state index contributed by atoms with van der Waals surface area (Å²) in [6, 6.07) is 4.82. The third kappa shape index (κ3) is 4.41. The molecule has 3 aliphatic rings. The molecule has 164 valence electrons. The molecule has 1 fully saturated rings. The topological polar surface area (TPSA) is 63.1 Å². The van der Waals surface area contributed by atoms with Crippen LogP contribution in [-0.2, 0) is 0 Å². The van der Waals surface area contributed by atoms with E-state index in [1.165, 1.54) is 17.0 Å². The molecule has 1 amide bonds. The number of carbonyl (C=O) groups is 1. The zero-order valence-electron chi connectivity index (χ0n) is 18.5. The molecule has 0 bridgehead atoms. The number of hydrazine groups is 1. The van der Waals surface area contributed by atoms with Crippen molar-refractivity contribution in [2.75, 3.05) is 44.2 Å². The van der Waals surface area contributed by atoms with Crippen LogP contribution in [0, 0.1) is 12.8 Å². The molecule has 0 aliphatic carbocycles. The predicted molar refractivity (Wildman–Crippen MR) is 118 cm³/mol. The molecule has 7 heteroatoms. The van der Waals surface area contributed by atoms with Crippen molar-refractivity contribution >= 4 is 11.8 Å². The minimum Gasteiger partial charge on any atom is -0.465 e. The average Bonchev–Trinajstić information content (AvgIpc) is 2.91. The summed E-state index contributed by atoms with van der Waals surface area (Å²) in [7, 11) is 0. The first-order chi connectivity index (χ1) is 14.4. The predicted octanol–water partition coefficient (Wildman–Crippen LogP) is 3.58. The molecule has 30 heavy (non-hydrogen) atoms. The van der Waals surface area contributed by atoms with Crippen molar-refractivity contribution in [1.29, 1.82) is 0 Å². The van der Waals surface area contributed by atoms with Crippen LogP contribution in [0.2, 0.25) is 0 Å². The van der Waals surface area contributed by atoms with Gasteiger partial charge < -0.3 is 19.9 Å². The van der Waals surface area contributed by atoms with Crippen LogP contribution >= 0.6 is 0 Å². The van der Waals surface area contributed by atoms with Crippen molar-refractivity contribution in [3.05, 3.63) is 35.3 Å². The Bertz CT molecular complexity index is 783. The number of anilines is 1. The number of piperidine rings is 1. The fourth-order valence-corrected chi connectivity index (χ4v) is 5.01. The minimum absolute atomic E-state index is 0.543. The van der Waals surface area contributed by atoms with Gasteiger partial charge >= 0.3 is 6.09 Å². The summed E-state index contributed by atoms with van der Waals surface area (Å²) in [5.41, 5.74) is 5.12. The molecular formula is C23H35N5O2. The van der Waals surface area contributed by atoms with Crippen molar-refractivity contribution in [3.8, 4) is 0 Å². The second kappa shape index (κ2) is 8.84. The quantitative estimate of drug-likeness (QED) is 0.814. The lowest BCUT2D eigenvalue weighted by molar-refractivity contribution is -0.0241. The van der Waals surface area contributed by atoms with Crippen molar-refractivity contribution in [3.63, 3.8) is 0 Å². The Morgan fingerprint density at radius 3 is 2.53 bits per heavy atom. The highest BCUT2D eigenvalue weighted by Crippen LogP contribution is 2.35. The van der Waals surface area contributed by atoms with Crippen LogP contribution in [0.15, 0.2) is 29.6 Å². The molecule has 7 nitrogen and oxygen atoms in total. The Kier molecular flexibility index (Phi) is 6.18. The summed E-state index contributed by atoms with van der Waals surface area (Å²) in [5, 5.41) is 14.5. The largest absolute Gasteiger partial charge is 0.465 e. The smallest absolute Gasteiger partial charge is 0.407 e. The molecule has 0 aromatic carbocycles. The molecule has 0 radical (unpaired) electrons. The van der Waals surface area contributed by atoms with E-state index >= 15 is 0 Å². The molecule has 0 unspecified atom stereocenters. The number of hydrogen-bond acceptors (Lipinski definition) is 5.